The van der Waals surface area contributed by atoms with Crippen molar-refractivity contribution in [2.75, 3.05) is 33.9 Å². The van der Waals surface area contributed by atoms with Crippen molar-refractivity contribution in [1.29, 1.82) is 0 Å². The molecule has 0 saturated carbocycles. The molecule has 4 heteroatoms. The van der Waals surface area contributed by atoms with Gasteiger partial charge in [0.1, 0.15) is 5.75 Å². The molecular formula is C12H20N2O2. The molecule has 0 aromatic heterocycles. The molecule has 1 atom stereocenters. The standard InChI is InChI=1S/C12H20N2O2/c1-15-7-6-14-12(9-13)10-4-3-5-11(8-10)16-2/h3-5,8,12,14H,6-7,9,13H2,1-2H3. The fourth-order valence-electron chi connectivity index (χ4n) is 1.53. The highest BCUT2D eigenvalue weighted by atomic mass is 16.5. The van der Waals surface area contributed by atoms with Crippen molar-refractivity contribution in [3.63, 3.8) is 0 Å². The van der Waals surface area contributed by atoms with Crippen molar-refractivity contribution >= 4 is 0 Å². The number of methoxy groups -OCH3 is 2. The Labute approximate surface area is 96.7 Å². The SMILES string of the molecule is COCCNC(CN)c1cccc(OC)c1. The van der Waals surface area contributed by atoms with Crippen LogP contribution in [0.1, 0.15) is 11.6 Å². The zero-order chi connectivity index (χ0) is 11.8. The lowest BCUT2D eigenvalue weighted by Crippen LogP contribution is -2.30. The van der Waals surface area contributed by atoms with Gasteiger partial charge in [0.15, 0.2) is 0 Å². The van der Waals surface area contributed by atoms with E-state index in [0.717, 1.165) is 17.9 Å². The molecule has 0 heterocycles. The highest BCUT2D eigenvalue weighted by Crippen LogP contribution is 2.18. The van der Waals surface area contributed by atoms with Gasteiger partial charge in [0.25, 0.3) is 0 Å². The van der Waals surface area contributed by atoms with Crippen LogP contribution in [0.3, 0.4) is 0 Å². The summed E-state index contributed by atoms with van der Waals surface area (Å²) >= 11 is 0. The van der Waals surface area contributed by atoms with Crippen molar-refractivity contribution in [1.82, 2.24) is 5.32 Å². The minimum atomic E-state index is 0.144. The van der Waals surface area contributed by atoms with Gasteiger partial charge in [0.2, 0.25) is 0 Å². The normalized spacial score (nSPS) is 12.4. The van der Waals surface area contributed by atoms with Crippen LogP contribution in [0.15, 0.2) is 24.3 Å². The molecule has 0 aliphatic rings. The molecule has 0 spiro atoms. The van der Waals surface area contributed by atoms with E-state index in [0.29, 0.717) is 13.2 Å². The van der Waals surface area contributed by atoms with E-state index in [1.165, 1.54) is 0 Å². The first-order valence-electron chi connectivity index (χ1n) is 5.38. The van der Waals surface area contributed by atoms with Crippen LogP contribution in [-0.2, 0) is 4.74 Å². The second-order valence-electron chi connectivity index (χ2n) is 3.51. The predicted octanol–water partition coefficient (Wildman–Crippen LogP) is 0.931. The lowest BCUT2D eigenvalue weighted by atomic mass is 10.1. The van der Waals surface area contributed by atoms with Crippen LogP contribution in [0.2, 0.25) is 0 Å². The minimum Gasteiger partial charge on any atom is -0.497 e. The average Bonchev–Trinajstić information content (AvgIpc) is 2.35. The van der Waals surface area contributed by atoms with Gasteiger partial charge < -0.3 is 20.5 Å². The maximum atomic E-state index is 5.73. The van der Waals surface area contributed by atoms with E-state index in [2.05, 4.69) is 5.32 Å². The van der Waals surface area contributed by atoms with Crippen molar-refractivity contribution in [2.45, 2.75) is 6.04 Å². The van der Waals surface area contributed by atoms with Gasteiger partial charge in [0.05, 0.1) is 13.7 Å². The average molecular weight is 224 g/mol. The number of ether oxygens (including phenoxy) is 2. The predicted molar refractivity (Wildman–Crippen MR) is 64.7 cm³/mol. The Kier molecular flexibility index (Phi) is 5.85. The number of rotatable bonds is 7. The molecule has 90 valence electrons. The van der Waals surface area contributed by atoms with Crippen molar-refractivity contribution in [2.24, 2.45) is 5.73 Å². The van der Waals surface area contributed by atoms with Gasteiger partial charge >= 0.3 is 0 Å². The number of nitrogens with one attached hydrogen (secondary N) is 1. The molecule has 0 radical (unpaired) electrons. The first kappa shape index (κ1) is 13.0. The third-order valence-electron chi connectivity index (χ3n) is 2.43. The molecular weight excluding hydrogens is 204 g/mol. The van der Waals surface area contributed by atoms with Crippen LogP contribution >= 0.6 is 0 Å². The van der Waals surface area contributed by atoms with Crippen LogP contribution in [-0.4, -0.2) is 33.9 Å². The van der Waals surface area contributed by atoms with Crippen LogP contribution in [0.5, 0.6) is 5.75 Å². The number of hydrogen-bond donors (Lipinski definition) is 2. The lowest BCUT2D eigenvalue weighted by molar-refractivity contribution is 0.196. The number of nitrogens with two attached hydrogens (primary N) is 1. The largest absolute Gasteiger partial charge is 0.497 e. The van der Waals surface area contributed by atoms with E-state index in [1.54, 1.807) is 14.2 Å². The van der Waals surface area contributed by atoms with Crippen LogP contribution < -0.4 is 15.8 Å². The van der Waals surface area contributed by atoms with Gasteiger partial charge in [-0.15, -0.1) is 0 Å². The lowest BCUT2D eigenvalue weighted by Gasteiger charge is -2.17. The van der Waals surface area contributed by atoms with Crippen LogP contribution in [0.25, 0.3) is 0 Å². The van der Waals surface area contributed by atoms with Crippen molar-refractivity contribution in [3.8, 4) is 5.75 Å². The summed E-state index contributed by atoms with van der Waals surface area (Å²) in [5.41, 5.74) is 6.87. The van der Waals surface area contributed by atoms with Gasteiger partial charge in [-0.05, 0) is 17.7 Å². The monoisotopic (exact) mass is 224 g/mol. The number of benzene rings is 1. The summed E-state index contributed by atoms with van der Waals surface area (Å²) in [7, 11) is 3.35. The second-order valence-corrected chi connectivity index (χ2v) is 3.51. The maximum Gasteiger partial charge on any atom is 0.119 e. The summed E-state index contributed by atoms with van der Waals surface area (Å²) in [5, 5.41) is 3.33. The second kappa shape index (κ2) is 7.22. The first-order chi connectivity index (χ1) is 7.81. The summed E-state index contributed by atoms with van der Waals surface area (Å²) in [6.45, 7) is 2.02. The Morgan fingerprint density at radius 3 is 2.81 bits per heavy atom. The van der Waals surface area contributed by atoms with E-state index in [1.807, 2.05) is 24.3 Å². The third-order valence-corrected chi connectivity index (χ3v) is 2.43. The van der Waals surface area contributed by atoms with Crippen LogP contribution in [0, 0.1) is 0 Å². The Balaban J connectivity index is 2.62. The molecule has 0 saturated heterocycles. The minimum absolute atomic E-state index is 0.144. The summed E-state index contributed by atoms with van der Waals surface area (Å²) < 4.78 is 10.2. The first-order valence-corrected chi connectivity index (χ1v) is 5.38. The molecule has 16 heavy (non-hydrogen) atoms. The Bertz CT molecular complexity index is 305. The molecule has 0 amide bonds. The molecule has 0 aliphatic carbocycles. The molecule has 1 unspecified atom stereocenters. The molecule has 4 nitrogen and oxygen atoms in total. The highest BCUT2D eigenvalue weighted by molar-refractivity contribution is 5.30. The zero-order valence-corrected chi connectivity index (χ0v) is 9.90. The fraction of sp³-hybridized carbons (Fsp3) is 0.500. The molecule has 1 aromatic rings. The van der Waals surface area contributed by atoms with Gasteiger partial charge in [-0.3, -0.25) is 0 Å². The van der Waals surface area contributed by atoms with E-state index < -0.39 is 0 Å². The fourth-order valence-corrected chi connectivity index (χ4v) is 1.53. The Morgan fingerprint density at radius 2 is 2.19 bits per heavy atom. The Hall–Kier alpha value is -1.10. The molecule has 0 fully saturated rings. The number of hydrogen-bond acceptors (Lipinski definition) is 4. The summed E-state index contributed by atoms with van der Waals surface area (Å²) in [6, 6.07) is 8.07. The Morgan fingerprint density at radius 1 is 1.38 bits per heavy atom. The van der Waals surface area contributed by atoms with Gasteiger partial charge in [-0.25, -0.2) is 0 Å². The quantitative estimate of drug-likeness (QED) is 0.677. The molecule has 0 aliphatic heterocycles. The van der Waals surface area contributed by atoms with E-state index in [-0.39, 0.29) is 6.04 Å². The topological polar surface area (TPSA) is 56.5 Å². The maximum absolute atomic E-state index is 5.73. The summed E-state index contributed by atoms with van der Waals surface area (Å²) in [5.74, 6) is 0.851. The molecule has 3 N–H and O–H groups in total. The van der Waals surface area contributed by atoms with Crippen molar-refractivity contribution < 1.29 is 9.47 Å². The van der Waals surface area contributed by atoms with Crippen LogP contribution in [0.4, 0.5) is 0 Å². The molecule has 0 bridgehead atoms. The van der Waals surface area contributed by atoms with Gasteiger partial charge in [-0.2, -0.15) is 0 Å². The third kappa shape index (κ3) is 3.81. The van der Waals surface area contributed by atoms with Gasteiger partial charge in [0, 0.05) is 26.2 Å². The van der Waals surface area contributed by atoms with E-state index in [9.17, 15) is 0 Å². The highest BCUT2D eigenvalue weighted by Gasteiger charge is 2.08. The molecule has 1 aromatic carbocycles. The summed E-state index contributed by atoms with van der Waals surface area (Å²) in [4.78, 5) is 0. The van der Waals surface area contributed by atoms with E-state index >= 15 is 0 Å². The zero-order valence-electron chi connectivity index (χ0n) is 9.90. The summed E-state index contributed by atoms with van der Waals surface area (Å²) in [6.07, 6.45) is 0. The molecule has 1 rings (SSSR count). The van der Waals surface area contributed by atoms with Gasteiger partial charge in [-0.1, -0.05) is 12.1 Å². The van der Waals surface area contributed by atoms with Crippen molar-refractivity contribution in [3.05, 3.63) is 29.8 Å². The van der Waals surface area contributed by atoms with E-state index in [4.69, 9.17) is 15.2 Å². The smallest absolute Gasteiger partial charge is 0.119 e.